The Labute approximate surface area is 626 Å². The van der Waals surface area contributed by atoms with Gasteiger partial charge in [-0.25, -0.2) is 4.79 Å². The molecule has 3 saturated heterocycles. The summed E-state index contributed by atoms with van der Waals surface area (Å²) in [5.74, 6) is -10.2. The number of aliphatic hydroxyl groups excluding tert-OH is 2. The van der Waals surface area contributed by atoms with Crippen molar-refractivity contribution in [2.75, 3.05) is 62.9 Å². The summed E-state index contributed by atoms with van der Waals surface area (Å²) in [6, 6.07) is -2.32. The summed E-state index contributed by atoms with van der Waals surface area (Å²) in [6.07, 6.45) is 5.98. The molecule has 0 saturated carbocycles. The van der Waals surface area contributed by atoms with Gasteiger partial charge in [0.25, 0.3) is 0 Å². The molecule has 27 heteroatoms. The van der Waals surface area contributed by atoms with Gasteiger partial charge in [0.1, 0.15) is 66.5 Å². The molecule has 0 aliphatic carbocycles. The third-order valence-corrected chi connectivity index (χ3v) is 20.8. The number of nitrogens with one attached hydrogen (secondary N) is 4. The van der Waals surface area contributed by atoms with Gasteiger partial charge in [-0.3, -0.25) is 52.7 Å². The normalized spacial score (nSPS) is 27.7. The number of fused-ring (bicyclic) bond motifs is 2. The van der Waals surface area contributed by atoms with E-state index in [0.29, 0.717) is 24.1 Å². The maximum atomic E-state index is 15.1. The number of benzene rings is 1. The first-order valence-corrected chi connectivity index (χ1v) is 37.9. The Kier molecular flexibility index (Phi) is 36.8. The van der Waals surface area contributed by atoms with Crippen LogP contribution in [0.4, 0.5) is 0 Å². The average Bonchev–Trinajstić information content (AvgIpc) is 1.81. The molecule has 2 bridgehead atoms. The molecule has 3 heterocycles. The predicted octanol–water partition coefficient (Wildman–Crippen LogP) is 5.16. The van der Waals surface area contributed by atoms with Crippen LogP contribution in [-0.4, -0.2) is 268 Å². The Morgan fingerprint density at radius 2 is 0.962 bits per heavy atom. The fourth-order valence-electron chi connectivity index (χ4n) is 14.1. The third-order valence-electron chi connectivity index (χ3n) is 20.8. The lowest BCUT2D eigenvalue weighted by Gasteiger charge is -2.41. The van der Waals surface area contributed by atoms with E-state index in [1.165, 1.54) is 101 Å². The standard InChI is InChI=1S/C62H111N11O12.C16H21NO3/c1-25-27-28-40(15)52(75)51-56(79)65-43(26-2)58(81)67(18)33-48(74)68(19)44(29-34(3)4)55(78)66-49(38(11)12)61(84)69(20)45(30-35(5)6)54(77)63-41(16)53(76)64-42(17)57(80)70(21)46(31-36(7)8)59(82)71(22)47(32-37(9)10)60(83)72(23)50(39(13)14)62(85)73(51)24;1-17-12-7-8-13(17)10-14(9-12)20-16(19)15(18)11-5-3-2-4-6-11/h25,27,34-47,49-52,75H,26,28-33H2,1-24H3,(H,63,77)(H,64,76)(H,65,79)(H,66,78);2-6,12-15,18H,7-10H2,1H3/b27-25+;/t40-,41+,42-,43+,44+,45+,46+,47+,49+,50+,51+,52-;12-,13+,14?,15?/m1./s1. The molecule has 594 valence electrons. The maximum Gasteiger partial charge on any atom is 0.339 e. The zero-order valence-corrected chi connectivity index (χ0v) is 67.8. The van der Waals surface area contributed by atoms with E-state index in [1.807, 2.05) is 79.7 Å². The zero-order chi connectivity index (χ0) is 80.1. The van der Waals surface area contributed by atoms with Crippen LogP contribution in [0.2, 0.25) is 0 Å². The quantitative estimate of drug-likeness (QED) is 0.0817. The molecule has 3 aliphatic rings. The smallest absolute Gasteiger partial charge is 0.339 e. The summed E-state index contributed by atoms with van der Waals surface area (Å²) in [5, 5.41) is 33.1. The molecule has 0 radical (unpaired) electrons. The third kappa shape index (κ3) is 25.6. The molecule has 2 unspecified atom stereocenters. The number of likely N-dealkylation sites (N-methyl/N-ethyl adjacent to an activating group) is 7. The Balaban J connectivity index is 0.00000121. The van der Waals surface area contributed by atoms with Crippen molar-refractivity contribution >= 4 is 70.9 Å². The largest absolute Gasteiger partial charge is 0.460 e. The molecule has 6 N–H and O–H groups in total. The highest BCUT2D eigenvalue weighted by Crippen LogP contribution is 2.36. The summed E-state index contributed by atoms with van der Waals surface area (Å²) in [4.78, 5) is 183. The van der Waals surface area contributed by atoms with Gasteiger partial charge in [0, 0.05) is 61.4 Å². The number of aliphatic hydroxyl groups is 2. The molecular weight excluding hydrogens is 1340 g/mol. The zero-order valence-electron chi connectivity index (χ0n) is 67.8. The number of hydrogen-bond acceptors (Lipinski definition) is 16. The van der Waals surface area contributed by atoms with Crippen LogP contribution in [0.25, 0.3) is 0 Å². The SMILES string of the molecule is C/C=C/C[C@@H](C)[C@@H](O)[C@H]1C(=O)N[C@@H](CC)C(=O)N(C)CC(=O)N(C)[C@@H](CC(C)C)C(=O)N[C@@H](C(C)C)C(=O)N(C)[C@@H](CC(C)C)C(=O)N[C@@H](C)C(=O)N[C@H](C)C(=O)N(C)[C@@H](CC(C)C)C(=O)N(C)[C@@H](CC(C)C)C(=O)N(C)[C@@H](C(C)C)C(=O)N1C.CN1[C@@H]2CC[C@H]1CC(OC(=O)C(O)c1ccccc1)C2. The summed E-state index contributed by atoms with van der Waals surface area (Å²) in [5.41, 5.74) is 0.591. The summed E-state index contributed by atoms with van der Waals surface area (Å²) in [6.45, 7) is 29.3. The van der Waals surface area contributed by atoms with Crippen LogP contribution in [-0.2, 0) is 62.3 Å². The van der Waals surface area contributed by atoms with Gasteiger partial charge >= 0.3 is 5.97 Å². The van der Waals surface area contributed by atoms with Crippen molar-refractivity contribution < 1.29 is 72.5 Å². The Bertz CT molecular complexity index is 3100. The predicted molar refractivity (Wildman–Crippen MR) is 404 cm³/mol. The number of piperidine rings is 1. The number of rotatable bonds is 18. The van der Waals surface area contributed by atoms with Crippen LogP contribution in [0.1, 0.15) is 194 Å². The highest BCUT2D eigenvalue weighted by Gasteiger charge is 2.47. The first kappa shape index (κ1) is 91.7. The second kappa shape index (κ2) is 42.1. The minimum absolute atomic E-state index is 0.0229. The van der Waals surface area contributed by atoms with E-state index in [-0.39, 0.29) is 61.9 Å². The number of carbonyl (C=O) groups is 12. The number of hydrogen-bond donors (Lipinski definition) is 6. The van der Waals surface area contributed by atoms with Gasteiger partial charge in [0.05, 0.1) is 12.6 Å². The van der Waals surface area contributed by atoms with Gasteiger partial charge in [-0.2, -0.15) is 0 Å². The number of ether oxygens (including phenoxy) is 1. The van der Waals surface area contributed by atoms with E-state index in [4.69, 9.17) is 4.74 Å². The van der Waals surface area contributed by atoms with E-state index in [9.17, 15) is 58.2 Å². The molecule has 11 amide bonds. The number of allylic oxidation sites excluding steroid dienone is 2. The van der Waals surface area contributed by atoms with Crippen LogP contribution in [0.3, 0.4) is 0 Å². The first-order valence-electron chi connectivity index (χ1n) is 37.9. The van der Waals surface area contributed by atoms with Gasteiger partial charge in [-0.1, -0.05) is 139 Å². The molecule has 0 spiro atoms. The Hall–Kier alpha value is -7.52. The van der Waals surface area contributed by atoms with Crippen LogP contribution in [0.15, 0.2) is 42.5 Å². The number of nitrogens with zero attached hydrogens (tertiary/aromatic N) is 8. The lowest BCUT2D eigenvalue weighted by molar-refractivity contribution is -0.163. The molecule has 4 rings (SSSR count). The van der Waals surface area contributed by atoms with Crippen LogP contribution in [0, 0.1) is 41.4 Å². The molecule has 27 nitrogen and oxygen atoms in total. The molecule has 3 fully saturated rings. The van der Waals surface area contributed by atoms with E-state index in [1.54, 1.807) is 66.7 Å². The molecule has 1 aromatic rings. The van der Waals surface area contributed by atoms with E-state index in [0.717, 1.165) is 22.6 Å². The van der Waals surface area contributed by atoms with Crippen molar-refractivity contribution in [3.8, 4) is 0 Å². The number of carbonyl (C=O) groups excluding carboxylic acids is 12. The van der Waals surface area contributed by atoms with Crippen molar-refractivity contribution in [3.05, 3.63) is 48.0 Å². The van der Waals surface area contributed by atoms with Crippen LogP contribution in [0.5, 0.6) is 0 Å². The van der Waals surface area contributed by atoms with Crippen molar-refractivity contribution in [1.29, 1.82) is 0 Å². The van der Waals surface area contributed by atoms with Crippen molar-refractivity contribution in [1.82, 2.24) is 60.5 Å². The van der Waals surface area contributed by atoms with Gasteiger partial charge in [-0.15, -0.1) is 0 Å². The minimum atomic E-state index is -1.61. The highest BCUT2D eigenvalue weighted by molar-refractivity contribution is 5.99. The van der Waals surface area contributed by atoms with Gasteiger partial charge in [-0.05, 0) is 139 Å². The van der Waals surface area contributed by atoms with Gasteiger partial charge < -0.3 is 75.4 Å². The highest BCUT2D eigenvalue weighted by atomic mass is 16.6. The van der Waals surface area contributed by atoms with Crippen LogP contribution < -0.4 is 21.3 Å². The number of amides is 11. The minimum Gasteiger partial charge on any atom is -0.460 e. The topological polar surface area (TPSA) is 329 Å². The van der Waals surface area contributed by atoms with E-state index in [2.05, 4.69) is 33.2 Å². The molecule has 0 aromatic heterocycles. The molecule has 3 aliphatic heterocycles. The average molecular weight is 1480 g/mol. The Morgan fingerprint density at radius 1 is 0.514 bits per heavy atom. The lowest BCUT2D eigenvalue weighted by atomic mass is 9.91. The molecular formula is C78H132N12O15. The monoisotopic (exact) mass is 1480 g/mol. The van der Waals surface area contributed by atoms with Crippen molar-refractivity contribution in [3.63, 3.8) is 0 Å². The maximum absolute atomic E-state index is 15.1. The van der Waals surface area contributed by atoms with Crippen molar-refractivity contribution in [2.45, 2.75) is 273 Å². The van der Waals surface area contributed by atoms with E-state index >= 15 is 9.59 Å². The lowest BCUT2D eigenvalue weighted by Crippen LogP contribution is -2.63. The summed E-state index contributed by atoms with van der Waals surface area (Å²) in [7, 11) is 12.1. The number of esters is 1. The van der Waals surface area contributed by atoms with Gasteiger partial charge in [0.2, 0.25) is 65.0 Å². The second-order valence-electron chi connectivity index (χ2n) is 32.0. The fraction of sp³-hybridized carbons (Fsp3) is 0.744. The summed E-state index contributed by atoms with van der Waals surface area (Å²) < 4.78 is 5.52. The van der Waals surface area contributed by atoms with Crippen molar-refractivity contribution in [2.24, 2.45) is 41.4 Å². The van der Waals surface area contributed by atoms with Gasteiger partial charge in [0.15, 0.2) is 6.10 Å². The second-order valence-corrected chi connectivity index (χ2v) is 32.0. The van der Waals surface area contributed by atoms with E-state index < -0.39 is 168 Å². The van der Waals surface area contributed by atoms with Crippen LogP contribution >= 0.6 is 0 Å². The Morgan fingerprint density at radius 3 is 1.44 bits per heavy atom. The molecule has 1 aromatic carbocycles. The fourth-order valence-corrected chi connectivity index (χ4v) is 14.1. The summed E-state index contributed by atoms with van der Waals surface area (Å²) >= 11 is 0. The molecule has 16 atom stereocenters. The first-order chi connectivity index (χ1) is 48.9. The molecule has 105 heavy (non-hydrogen) atoms.